The number of fused-ring (bicyclic) bond motifs is 2. The molecule has 2 fully saturated rings. The summed E-state index contributed by atoms with van der Waals surface area (Å²) in [6.45, 7) is 7.69. The van der Waals surface area contributed by atoms with Crippen molar-refractivity contribution in [1.29, 1.82) is 0 Å². The average molecular weight is 475 g/mol. The smallest absolute Gasteiger partial charge is 0.326 e. The summed E-state index contributed by atoms with van der Waals surface area (Å²) < 4.78 is 9.37. The van der Waals surface area contributed by atoms with Crippen molar-refractivity contribution < 1.29 is 4.74 Å². The predicted octanol–water partition coefficient (Wildman–Crippen LogP) is 4.61. The molecule has 8 nitrogen and oxygen atoms in total. The maximum Gasteiger partial charge on any atom is 0.326 e. The van der Waals surface area contributed by atoms with E-state index in [-0.39, 0.29) is 17.6 Å². The Morgan fingerprint density at radius 1 is 1.17 bits per heavy atom. The van der Waals surface area contributed by atoms with Gasteiger partial charge < -0.3 is 14.6 Å². The van der Waals surface area contributed by atoms with E-state index >= 15 is 0 Å². The minimum atomic E-state index is -0.00772. The highest BCUT2D eigenvalue weighted by Crippen LogP contribution is 2.36. The summed E-state index contributed by atoms with van der Waals surface area (Å²) in [6, 6.07) is 6.55. The number of piperidine rings is 1. The van der Waals surface area contributed by atoms with E-state index in [1.807, 2.05) is 16.8 Å². The Bertz CT molecular complexity index is 1430. The molecule has 8 heteroatoms. The summed E-state index contributed by atoms with van der Waals surface area (Å²) in [4.78, 5) is 23.3. The fraction of sp³-hybridized carbons (Fsp3) is 0.519. The first-order chi connectivity index (χ1) is 17.0. The van der Waals surface area contributed by atoms with Crippen molar-refractivity contribution in [3.8, 4) is 16.9 Å². The SMILES string of the molecule is COc1cc(-c2cc3[nH]c(=O)n([C@H]4CCCN(CC5CCC5)C4)c3cc2C(C)C)cn2ncnc12. The molecule has 1 aliphatic heterocycles. The lowest BCUT2D eigenvalue weighted by Gasteiger charge is -2.37. The van der Waals surface area contributed by atoms with Gasteiger partial charge in [-0.25, -0.2) is 14.3 Å². The van der Waals surface area contributed by atoms with Gasteiger partial charge in [0, 0.05) is 24.8 Å². The summed E-state index contributed by atoms with van der Waals surface area (Å²) in [7, 11) is 1.65. The van der Waals surface area contributed by atoms with Crippen molar-refractivity contribution in [2.75, 3.05) is 26.7 Å². The Hall–Kier alpha value is -3.13. The van der Waals surface area contributed by atoms with Crippen molar-refractivity contribution in [2.24, 2.45) is 5.92 Å². The number of methoxy groups -OCH3 is 1. The maximum absolute atomic E-state index is 13.3. The standard InChI is InChI=1S/C27H34N6O2/c1-17(2)21-12-24-23(11-22(21)19-10-25(35-3)26-28-16-29-32(26)14-19)30-27(34)33(24)20-8-5-9-31(15-20)13-18-6-4-7-18/h10-12,14,16-18,20H,4-9,13,15H2,1-3H3,(H,30,34)/t20-/m0/s1. The predicted molar refractivity (Wildman–Crippen MR) is 137 cm³/mol. The Morgan fingerprint density at radius 3 is 2.77 bits per heavy atom. The molecule has 35 heavy (non-hydrogen) atoms. The van der Waals surface area contributed by atoms with Crippen LogP contribution in [0.5, 0.6) is 5.75 Å². The van der Waals surface area contributed by atoms with Crippen LogP contribution >= 0.6 is 0 Å². The van der Waals surface area contributed by atoms with Crippen LogP contribution in [0.25, 0.3) is 27.8 Å². The molecule has 184 valence electrons. The zero-order valence-electron chi connectivity index (χ0n) is 20.8. The number of benzene rings is 1. The van der Waals surface area contributed by atoms with Crippen molar-refractivity contribution in [1.82, 2.24) is 29.0 Å². The lowest BCUT2D eigenvalue weighted by Crippen LogP contribution is -2.42. The van der Waals surface area contributed by atoms with E-state index in [0.717, 1.165) is 54.0 Å². The van der Waals surface area contributed by atoms with Crippen LogP contribution in [-0.4, -0.2) is 55.8 Å². The Balaban J connectivity index is 1.43. The van der Waals surface area contributed by atoms with E-state index < -0.39 is 0 Å². The van der Waals surface area contributed by atoms with Gasteiger partial charge in [0.15, 0.2) is 11.4 Å². The highest BCUT2D eigenvalue weighted by Gasteiger charge is 2.28. The quantitative estimate of drug-likeness (QED) is 0.441. The number of imidazole rings is 1. The maximum atomic E-state index is 13.3. The Labute approximate surface area is 204 Å². The molecule has 6 rings (SSSR count). The number of H-pyrrole nitrogens is 1. The summed E-state index contributed by atoms with van der Waals surface area (Å²) in [5.41, 5.74) is 5.83. The number of nitrogens with one attached hydrogen (secondary N) is 1. The second kappa shape index (κ2) is 8.82. The molecule has 1 atom stereocenters. The van der Waals surface area contributed by atoms with Crippen molar-refractivity contribution in [3.05, 3.63) is 46.8 Å². The number of hydrogen-bond acceptors (Lipinski definition) is 5. The van der Waals surface area contributed by atoms with Gasteiger partial charge >= 0.3 is 5.69 Å². The van der Waals surface area contributed by atoms with Gasteiger partial charge in [-0.3, -0.25) is 4.57 Å². The highest BCUT2D eigenvalue weighted by molar-refractivity contribution is 5.85. The topological polar surface area (TPSA) is 80.5 Å². The number of hydrogen-bond donors (Lipinski definition) is 1. The minimum Gasteiger partial charge on any atom is -0.493 e. The normalized spacial score (nSPS) is 19.6. The molecule has 2 aliphatic rings. The van der Waals surface area contributed by atoms with E-state index in [4.69, 9.17) is 4.74 Å². The van der Waals surface area contributed by atoms with Gasteiger partial charge in [-0.1, -0.05) is 20.3 Å². The zero-order valence-corrected chi connectivity index (χ0v) is 20.8. The number of aromatic nitrogens is 5. The van der Waals surface area contributed by atoms with Crippen LogP contribution in [0.3, 0.4) is 0 Å². The number of nitrogens with zero attached hydrogens (tertiary/aromatic N) is 5. The van der Waals surface area contributed by atoms with E-state index in [1.54, 1.807) is 11.6 Å². The van der Waals surface area contributed by atoms with E-state index in [1.165, 1.54) is 37.7 Å². The largest absolute Gasteiger partial charge is 0.493 e. The molecule has 1 saturated carbocycles. The fourth-order valence-corrected chi connectivity index (χ4v) is 5.92. The van der Waals surface area contributed by atoms with E-state index in [9.17, 15) is 4.79 Å². The van der Waals surface area contributed by atoms with Crippen LogP contribution < -0.4 is 10.4 Å². The number of ether oxygens (including phenoxy) is 1. The molecular weight excluding hydrogens is 440 g/mol. The molecule has 0 spiro atoms. The van der Waals surface area contributed by atoms with Gasteiger partial charge in [0.1, 0.15) is 6.33 Å². The number of pyridine rings is 1. The third kappa shape index (κ3) is 3.93. The van der Waals surface area contributed by atoms with Crippen LogP contribution in [0.4, 0.5) is 0 Å². The van der Waals surface area contributed by atoms with Gasteiger partial charge in [0.25, 0.3) is 0 Å². The molecule has 0 bridgehead atoms. The number of rotatable bonds is 6. The number of aromatic amines is 1. The molecule has 1 aliphatic carbocycles. The van der Waals surface area contributed by atoms with Crippen LogP contribution in [0.2, 0.25) is 0 Å². The molecule has 0 radical (unpaired) electrons. The summed E-state index contributed by atoms with van der Waals surface area (Å²) in [6.07, 6.45) is 9.80. The molecule has 1 saturated heterocycles. The van der Waals surface area contributed by atoms with Gasteiger partial charge in [-0.15, -0.1) is 0 Å². The Morgan fingerprint density at radius 2 is 2.03 bits per heavy atom. The first-order valence-electron chi connectivity index (χ1n) is 12.9. The first kappa shape index (κ1) is 22.3. The fourth-order valence-electron chi connectivity index (χ4n) is 5.92. The number of likely N-dealkylation sites (tertiary alicyclic amines) is 1. The molecular formula is C27H34N6O2. The second-order valence-corrected chi connectivity index (χ2v) is 10.6. The molecule has 1 aromatic carbocycles. The van der Waals surface area contributed by atoms with Crippen LogP contribution in [0.1, 0.15) is 63.5 Å². The van der Waals surface area contributed by atoms with Crippen molar-refractivity contribution >= 4 is 16.7 Å². The first-order valence-corrected chi connectivity index (χ1v) is 12.9. The zero-order chi connectivity index (χ0) is 24.1. The highest BCUT2D eigenvalue weighted by atomic mass is 16.5. The second-order valence-electron chi connectivity index (χ2n) is 10.6. The summed E-state index contributed by atoms with van der Waals surface area (Å²) >= 11 is 0. The molecule has 4 heterocycles. The molecule has 3 aromatic heterocycles. The van der Waals surface area contributed by atoms with Gasteiger partial charge in [0.05, 0.1) is 24.2 Å². The average Bonchev–Trinajstić information content (AvgIpc) is 3.43. The monoisotopic (exact) mass is 474 g/mol. The molecule has 0 unspecified atom stereocenters. The molecule has 4 aromatic rings. The Kier molecular flexibility index (Phi) is 5.63. The van der Waals surface area contributed by atoms with Gasteiger partial charge in [-0.05, 0) is 73.4 Å². The van der Waals surface area contributed by atoms with Gasteiger partial charge in [-0.2, -0.15) is 5.10 Å². The van der Waals surface area contributed by atoms with Gasteiger partial charge in [0.2, 0.25) is 0 Å². The van der Waals surface area contributed by atoms with E-state index in [2.05, 4.69) is 45.9 Å². The molecule has 0 amide bonds. The van der Waals surface area contributed by atoms with Crippen molar-refractivity contribution in [2.45, 2.75) is 57.9 Å². The lowest BCUT2D eigenvalue weighted by molar-refractivity contribution is 0.127. The third-order valence-electron chi connectivity index (χ3n) is 7.97. The third-order valence-corrected chi connectivity index (χ3v) is 7.97. The lowest BCUT2D eigenvalue weighted by atomic mass is 9.84. The van der Waals surface area contributed by atoms with Crippen molar-refractivity contribution in [3.63, 3.8) is 0 Å². The van der Waals surface area contributed by atoms with Crippen LogP contribution in [0, 0.1) is 5.92 Å². The van der Waals surface area contributed by atoms with Crippen LogP contribution in [-0.2, 0) is 0 Å². The van der Waals surface area contributed by atoms with Crippen LogP contribution in [0.15, 0.2) is 35.5 Å². The summed E-state index contributed by atoms with van der Waals surface area (Å²) in [5, 5.41) is 4.33. The summed E-state index contributed by atoms with van der Waals surface area (Å²) in [5.74, 6) is 1.81. The minimum absolute atomic E-state index is 0.00772. The van der Waals surface area contributed by atoms with E-state index in [0.29, 0.717) is 11.4 Å². The molecule has 1 N–H and O–H groups in total.